The van der Waals surface area contributed by atoms with Crippen LogP contribution >= 0.6 is 23.1 Å². The molecule has 29 heavy (non-hydrogen) atoms. The molecule has 1 atom stereocenters. The Labute approximate surface area is 176 Å². The number of esters is 1. The second-order valence-corrected chi connectivity index (χ2v) is 9.09. The van der Waals surface area contributed by atoms with Gasteiger partial charge in [-0.3, -0.25) is 4.79 Å². The number of aryl methyl sites for hydroxylation is 1. The number of hydrogen-bond acceptors (Lipinski definition) is 6. The minimum absolute atomic E-state index is 0.0540. The highest BCUT2D eigenvalue weighted by Gasteiger charge is 2.21. The van der Waals surface area contributed by atoms with Crippen molar-refractivity contribution in [2.75, 3.05) is 6.61 Å². The molecule has 0 aliphatic rings. The lowest BCUT2D eigenvalue weighted by Gasteiger charge is -2.11. The van der Waals surface area contributed by atoms with E-state index in [0.717, 1.165) is 4.90 Å². The molecule has 0 fully saturated rings. The van der Waals surface area contributed by atoms with Crippen molar-refractivity contribution >= 4 is 50.1 Å². The molecular weight excluding hydrogens is 404 g/mol. The highest BCUT2D eigenvalue weighted by atomic mass is 32.2. The maximum Gasteiger partial charge on any atom is 0.348 e. The summed E-state index contributed by atoms with van der Waals surface area (Å²) in [7, 11) is 0. The van der Waals surface area contributed by atoms with E-state index in [9.17, 15) is 9.59 Å². The highest BCUT2D eigenvalue weighted by Crippen LogP contribution is 2.36. The standard InChI is InChI=1S/C22H20N2O3S2/c1-4-27-22(26)18-12(2)17-20(25)23-19(24-21(17)29-18)13(3)28-16-10-9-14-7-5-6-8-15(14)11-16/h5-11,13H,4H2,1-3H3,(H,23,24,25)/t13-/m1/s1. The van der Waals surface area contributed by atoms with Gasteiger partial charge in [0.15, 0.2) is 0 Å². The van der Waals surface area contributed by atoms with Crippen LogP contribution in [0.3, 0.4) is 0 Å². The summed E-state index contributed by atoms with van der Waals surface area (Å²) < 4.78 is 5.10. The maximum atomic E-state index is 12.7. The van der Waals surface area contributed by atoms with E-state index in [2.05, 4.69) is 40.3 Å². The van der Waals surface area contributed by atoms with Gasteiger partial charge in [0.25, 0.3) is 5.56 Å². The zero-order chi connectivity index (χ0) is 20.5. The van der Waals surface area contributed by atoms with Crippen molar-refractivity contribution in [1.82, 2.24) is 9.97 Å². The van der Waals surface area contributed by atoms with E-state index in [1.54, 1.807) is 25.6 Å². The second-order valence-electron chi connectivity index (χ2n) is 6.68. The van der Waals surface area contributed by atoms with E-state index >= 15 is 0 Å². The Hall–Kier alpha value is -2.64. The third-order valence-electron chi connectivity index (χ3n) is 4.70. The first kappa shape index (κ1) is 19.7. The van der Waals surface area contributed by atoms with Crippen molar-refractivity contribution in [2.45, 2.75) is 30.9 Å². The van der Waals surface area contributed by atoms with Crippen molar-refractivity contribution in [1.29, 1.82) is 0 Å². The predicted molar refractivity (Wildman–Crippen MR) is 119 cm³/mol. The fourth-order valence-electron chi connectivity index (χ4n) is 3.25. The summed E-state index contributed by atoms with van der Waals surface area (Å²) in [5, 5.41) is 2.78. The second kappa shape index (κ2) is 8.00. The van der Waals surface area contributed by atoms with Crippen LogP contribution in [0.1, 0.15) is 40.2 Å². The lowest BCUT2D eigenvalue weighted by molar-refractivity contribution is 0.0531. The molecule has 7 heteroatoms. The van der Waals surface area contributed by atoms with Crippen molar-refractivity contribution in [2.24, 2.45) is 0 Å². The first-order chi connectivity index (χ1) is 14.0. The number of nitrogens with one attached hydrogen (secondary N) is 1. The molecular formula is C22H20N2O3S2. The summed E-state index contributed by atoms with van der Waals surface area (Å²) >= 11 is 2.85. The summed E-state index contributed by atoms with van der Waals surface area (Å²) in [5.74, 6) is 0.185. The van der Waals surface area contributed by atoms with Gasteiger partial charge < -0.3 is 9.72 Å². The number of fused-ring (bicyclic) bond motifs is 2. The number of carbonyl (C=O) groups is 1. The average molecular weight is 425 g/mol. The molecule has 4 aromatic rings. The molecule has 0 amide bonds. The molecule has 2 heterocycles. The fourth-order valence-corrected chi connectivity index (χ4v) is 5.30. The number of hydrogen-bond donors (Lipinski definition) is 1. The van der Waals surface area contributed by atoms with Gasteiger partial charge in [0.05, 0.1) is 17.2 Å². The predicted octanol–water partition coefficient (Wildman–Crippen LogP) is 5.48. The number of rotatable bonds is 5. The Morgan fingerprint density at radius 3 is 2.76 bits per heavy atom. The van der Waals surface area contributed by atoms with E-state index in [-0.39, 0.29) is 10.8 Å². The molecule has 1 N–H and O–H groups in total. The van der Waals surface area contributed by atoms with Crippen molar-refractivity contribution in [3.8, 4) is 0 Å². The van der Waals surface area contributed by atoms with Gasteiger partial charge in [-0.2, -0.15) is 0 Å². The lowest BCUT2D eigenvalue weighted by atomic mass is 10.1. The summed E-state index contributed by atoms with van der Waals surface area (Å²) in [5.41, 5.74) is 0.402. The van der Waals surface area contributed by atoms with Gasteiger partial charge in [0, 0.05) is 4.90 Å². The van der Waals surface area contributed by atoms with E-state index < -0.39 is 5.97 Å². The van der Waals surface area contributed by atoms with Crippen molar-refractivity contribution < 1.29 is 9.53 Å². The topological polar surface area (TPSA) is 72.0 Å². The number of ether oxygens (including phenoxy) is 1. The van der Waals surface area contributed by atoms with Crippen LogP contribution in [-0.4, -0.2) is 22.5 Å². The number of benzene rings is 2. The molecule has 2 aromatic heterocycles. The van der Waals surface area contributed by atoms with Gasteiger partial charge in [-0.25, -0.2) is 9.78 Å². The van der Waals surface area contributed by atoms with Crippen LogP contribution in [0.2, 0.25) is 0 Å². The Kier molecular flexibility index (Phi) is 5.43. The van der Waals surface area contributed by atoms with Gasteiger partial charge >= 0.3 is 5.97 Å². The summed E-state index contributed by atoms with van der Waals surface area (Å²) in [6.07, 6.45) is 0. The number of thiophene rings is 1. The molecule has 2 aromatic carbocycles. The van der Waals surface area contributed by atoms with Crippen LogP contribution in [0.4, 0.5) is 0 Å². The number of H-pyrrole nitrogens is 1. The molecule has 0 saturated carbocycles. The molecule has 5 nitrogen and oxygen atoms in total. The summed E-state index contributed by atoms with van der Waals surface area (Å²) in [4.78, 5) is 34.5. The molecule has 0 unspecified atom stereocenters. The van der Waals surface area contributed by atoms with Crippen LogP contribution in [0.15, 0.2) is 52.2 Å². The molecule has 0 saturated heterocycles. The largest absolute Gasteiger partial charge is 0.462 e. The number of carbonyl (C=O) groups excluding carboxylic acids is 1. The minimum Gasteiger partial charge on any atom is -0.462 e. The average Bonchev–Trinajstić information content (AvgIpc) is 3.05. The first-order valence-electron chi connectivity index (χ1n) is 9.33. The van der Waals surface area contributed by atoms with Gasteiger partial charge in [-0.1, -0.05) is 30.3 Å². The molecule has 148 valence electrons. The molecule has 0 aliphatic carbocycles. The van der Waals surface area contributed by atoms with Crippen LogP contribution in [-0.2, 0) is 4.74 Å². The van der Waals surface area contributed by atoms with E-state index in [4.69, 9.17) is 4.74 Å². The fraction of sp³-hybridized carbons (Fsp3) is 0.227. The smallest absolute Gasteiger partial charge is 0.348 e. The van der Waals surface area contributed by atoms with E-state index in [1.807, 2.05) is 19.1 Å². The molecule has 0 spiro atoms. The third-order valence-corrected chi connectivity index (χ3v) is 6.97. The number of aromatic amines is 1. The number of thioether (sulfide) groups is 1. The SMILES string of the molecule is CCOC(=O)c1sc2nc([C@@H](C)Sc3ccc4ccccc4c3)[nH]c(=O)c2c1C. The quantitative estimate of drug-likeness (QED) is 0.339. The van der Waals surface area contributed by atoms with Crippen LogP contribution in [0.25, 0.3) is 21.0 Å². The summed E-state index contributed by atoms with van der Waals surface area (Å²) in [6.45, 7) is 5.82. The van der Waals surface area contributed by atoms with Crippen LogP contribution in [0.5, 0.6) is 0 Å². The highest BCUT2D eigenvalue weighted by molar-refractivity contribution is 7.99. The zero-order valence-electron chi connectivity index (χ0n) is 16.3. The molecule has 4 rings (SSSR count). The maximum absolute atomic E-state index is 12.7. The summed E-state index contributed by atoms with van der Waals surface area (Å²) in [6, 6.07) is 14.5. The molecule has 0 radical (unpaired) electrons. The van der Waals surface area contributed by atoms with Crippen molar-refractivity contribution in [3.63, 3.8) is 0 Å². The van der Waals surface area contributed by atoms with Crippen molar-refractivity contribution in [3.05, 3.63) is 69.1 Å². The lowest BCUT2D eigenvalue weighted by Crippen LogP contribution is -2.12. The number of aromatic nitrogens is 2. The Bertz CT molecular complexity index is 1280. The number of nitrogens with zero attached hydrogens (tertiary/aromatic N) is 1. The third kappa shape index (κ3) is 3.80. The van der Waals surface area contributed by atoms with Gasteiger partial charge in [-0.15, -0.1) is 23.1 Å². The normalized spacial score (nSPS) is 12.4. The minimum atomic E-state index is -0.410. The Balaban J connectivity index is 1.67. The van der Waals surface area contributed by atoms with Gasteiger partial charge in [-0.05, 0) is 49.2 Å². The Morgan fingerprint density at radius 1 is 1.24 bits per heavy atom. The molecule has 0 bridgehead atoms. The van der Waals surface area contributed by atoms with E-state index in [1.165, 1.54) is 22.1 Å². The van der Waals surface area contributed by atoms with Crippen LogP contribution < -0.4 is 5.56 Å². The van der Waals surface area contributed by atoms with Gasteiger partial charge in [0.1, 0.15) is 15.5 Å². The Morgan fingerprint density at radius 2 is 2.00 bits per heavy atom. The zero-order valence-corrected chi connectivity index (χ0v) is 17.9. The monoisotopic (exact) mass is 424 g/mol. The van der Waals surface area contributed by atoms with Gasteiger partial charge in [0.2, 0.25) is 0 Å². The van der Waals surface area contributed by atoms with Crippen LogP contribution in [0, 0.1) is 6.92 Å². The first-order valence-corrected chi connectivity index (χ1v) is 11.0. The van der Waals surface area contributed by atoms with E-state index in [0.29, 0.717) is 33.1 Å². The molecule has 0 aliphatic heterocycles.